The number of aliphatic hydroxyl groups is 1. The number of aryl methyl sites for hydroxylation is 1. The molecule has 0 heterocycles. The molecule has 0 aliphatic rings. The van der Waals surface area contributed by atoms with Crippen molar-refractivity contribution in [1.29, 1.82) is 0 Å². The van der Waals surface area contributed by atoms with E-state index < -0.39 is 0 Å². The van der Waals surface area contributed by atoms with Crippen molar-refractivity contribution in [3.63, 3.8) is 0 Å². The third-order valence-corrected chi connectivity index (χ3v) is 3.25. The average molecular weight is 290 g/mol. The van der Waals surface area contributed by atoms with Gasteiger partial charge in [-0.2, -0.15) is 0 Å². The maximum Gasteiger partial charge on any atom is 0.220 e. The first-order valence-corrected chi connectivity index (χ1v) is 6.70. The van der Waals surface area contributed by atoms with Crippen LogP contribution >= 0.6 is 23.2 Å². The Kier molecular flexibility index (Phi) is 7.09. The predicted octanol–water partition coefficient (Wildman–Crippen LogP) is 2.81. The first-order chi connectivity index (χ1) is 8.63. The van der Waals surface area contributed by atoms with Gasteiger partial charge in [-0.3, -0.25) is 4.79 Å². The second-order valence-electron chi connectivity index (χ2n) is 4.03. The van der Waals surface area contributed by atoms with Crippen LogP contribution in [0.1, 0.15) is 24.8 Å². The lowest BCUT2D eigenvalue weighted by Crippen LogP contribution is -2.24. The summed E-state index contributed by atoms with van der Waals surface area (Å²) in [6.07, 6.45) is 2.64. The number of carbonyl (C=O) groups excluding carboxylic acids is 1. The van der Waals surface area contributed by atoms with Gasteiger partial charge in [-0.15, -0.1) is 0 Å². The third kappa shape index (κ3) is 5.71. The lowest BCUT2D eigenvalue weighted by atomic mass is 10.1. The van der Waals surface area contributed by atoms with Gasteiger partial charge in [0.05, 0.1) is 10.0 Å². The Morgan fingerprint density at radius 3 is 2.67 bits per heavy atom. The Bertz CT molecular complexity index is 397. The third-order valence-electron chi connectivity index (χ3n) is 2.51. The number of rotatable bonds is 7. The number of benzene rings is 1. The minimum atomic E-state index is 0.0171. The summed E-state index contributed by atoms with van der Waals surface area (Å²) in [4.78, 5) is 11.4. The van der Waals surface area contributed by atoms with Gasteiger partial charge in [0, 0.05) is 19.6 Å². The molecule has 0 fully saturated rings. The molecule has 0 saturated heterocycles. The van der Waals surface area contributed by atoms with Crippen LogP contribution in [0.2, 0.25) is 10.0 Å². The molecule has 0 aliphatic carbocycles. The Balaban J connectivity index is 2.24. The van der Waals surface area contributed by atoms with E-state index >= 15 is 0 Å². The Morgan fingerprint density at radius 2 is 2.00 bits per heavy atom. The Labute approximate surface area is 117 Å². The summed E-state index contributed by atoms with van der Waals surface area (Å²) in [5, 5.41) is 12.4. The molecule has 3 nitrogen and oxygen atoms in total. The van der Waals surface area contributed by atoms with Crippen LogP contribution in [0.25, 0.3) is 0 Å². The van der Waals surface area contributed by atoms with E-state index in [2.05, 4.69) is 5.32 Å². The van der Waals surface area contributed by atoms with Crippen LogP contribution in [0.3, 0.4) is 0 Å². The number of hydrogen-bond acceptors (Lipinski definition) is 2. The van der Waals surface area contributed by atoms with Crippen LogP contribution in [0.4, 0.5) is 0 Å². The summed E-state index contributed by atoms with van der Waals surface area (Å²) in [6.45, 7) is 0.631. The monoisotopic (exact) mass is 289 g/mol. The molecular weight excluding hydrogens is 273 g/mol. The van der Waals surface area contributed by atoms with E-state index in [9.17, 15) is 4.79 Å². The maximum absolute atomic E-state index is 11.4. The molecule has 0 unspecified atom stereocenters. The van der Waals surface area contributed by atoms with Crippen molar-refractivity contribution in [2.75, 3.05) is 13.2 Å². The van der Waals surface area contributed by atoms with Gasteiger partial charge in [0.25, 0.3) is 0 Å². The first-order valence-electron chi connectivity index (χ1n) is 5.95. The predicted molar refractivity (Wildman–Crippen MR) is 74.1 cm³/mol. The van der Waals surface area contributed by atoms with Gasteiger partial charge in [0.2, 0.25) is 5.91 Å². The molecule has 1 rings (SSSR count). The van der Waals surface area contributed by atoms with Gasteiger partial charge in [-0.05, 0) is 37.0 Å². The number of halogens is 2. The molecule has 100 valence electrons. The molecule has 0 aromatic heterocycles. The second kappa shape index (κ2) is 8.35. The number of nitrogens with one attached hydrogen (secondary N) is 1. The van der Waals surface area contributed by atoms with Crippen LogP contribution in [0.5, 0.6) is 0 Å². The van der Waals surface area contributed by atoms with Crippen molar-refractivity contribution < 1.29 is 9.90 Å². The van der Waals surface area contributed by atoms with E-state index in [1.807, 2.05) is 12.1 Å². The molecule has 1 aromatic carbocycles. The van der Waals surface area contributed by atoms with Gasteiger partial charge in [-0.1, -0.05) is 29.3 Å². The molecule has 0 radical (unpaired) electrons. The fraction of sp³-hybridized carbons (Fsp3) is 0.462. The minimum absolute atomic E-state index is 0.0171. The van der Waals surface area contributed by atoms with Gasteiger partial charge in [0.1, 0.15) is 0 Å². The summed E-state index contributed by atoms with van der Waals surface area (Å²) >= 11 is 11.7. The zero-order valence-electron chi connectivity index (χ0n) is 10.1. The molecule has 1 aromatic rings. The summed E-state index contributed by atoms with van der Waals surface area (Å²) in [7, 11) is 0. The van der Waals surface area contributed by atoms with E-state index in [1.165, 1.54) is 0 Å². The van der Waals surface area contributed by atoms with Crippen LogP contribution in [0, 0.1) is 0 Å². The molecule has 0 bridgehead atoms. The average Bonchev–Trinajstić information content (AvgIpc) is 2.34. The standard InChI is InChI=1S/C13H17Cl2NO2/c14-11-6-5-10(9-12(11)15)3-1-4-13(18)16-7-2-8-17/h5-6,9,17H,1-4,7-8H2,(H,16,18). The summed E-state index contributed by atoms with van der Waals surface area (Å²) in [5.41, 5.74) is 1.08. The Hall–Kier alpha value is -0.770. The van der Waals surface area contributed by atoms with Gasteiger partial charge in [0.15, 0.2) is 0 Å². The molecule has 5 heteroatoms. The van der Waals surface area contributed by atoms with Crippen molar-refractivity contribution in [3.8, 4) is 0 Å². The van der Waals surface area contributed by atoms with Crippen molar-refractivity contribution in [2.24, 2.45) is 0 Å². The molecule has 0 spiro atoms. The van der Waals surface area contributed by atoms with Gasteiger partial charge < -0.3 is 10.4 Å². The summed E-state index contributed by atoms with van der Waals surface area (Å²) in [5.74, 6) is 0.0171. The number of hydrogen-bond donors (Lipinski definition) is 2. The highest BCUT2D eigenvalue weighted by Crippen LogP contribution is 2.23. The number of aliphatic hydroxyl groups excluding tert-OH is 1. The van der Waals surface area contributed by atoms with E-state index in [0.29, 0.717) is 29.4 Å². The molecule has 0 aliphatic heterocycles. The van der Waals surface area contributed by atoms with E-state index in [0.717, 1.165) is 18.4 Å². The topological polar surface area (TPSA) is 49.3 Å². The first kappa shape index (κ1) is 15.3. The van der Waals surface area contributed by atoms with Gasteiger partial charge in [-0.25, -0.2) is 0 Å². The highest BCUT2D eigenvalue weighted by atomic mass is 35.5. The quantitative estimate of drug-likeness (QED) is 0.759. The Morgan fingerprint density at radius 1 is 1.22 bits per heavy atom. The molecular formula is C13H17Cl2NO2. The van der Waals surface area contributed by atoms with E-state index in [4.69, 9.17) is 28.3 Å². The normalized spacial score (nSPS) is 10.4. The number of amides is 1. The fourth-order valence-electron chi connectivity index (χ4n) is 1.54. The van der Waals surface area contributed by atoms with Crippen molar-refractivity contribution in [1.82, 2.24) is 5.32 Å². The molecule has 1 amide bonds. The van der Waals surface area contributed by atoms with Crippen molar-refractivity contribution in [2.45, 2.75) is 25.7 Å². The van der Waals surface area contributed by atoms with Crippen molar-refractivity contribution in [3.05, 3.63) is 33.8 Å². The molecule has 0 atom stereocenters. The van der Waals surface area contributed by atoms with Crippen LogP contribution in [0.15, 0.2) is 18.2 Å². The zero-order valence-corrected chi connectivity index (χ0v) is 11.6. The summed E-state index contributed by atoms with van der Waals surface area (Å²) in [6, 6.07) is 5.51. The van der Waals surface area contributed by atoms with Gasteiger partial charge >= 0.3 is 0 Å². The molecule has 0 saturated carbocycles. The molecule has 2 N–H and O–H groups in total. The lowest BCUT2D eigenvalue weighted by Gasteiger charge is -2.05. The fourth-order valence-corrected chi connectivity index (χ4v) is 1.86. The zero-order chi connectivity index (χ0) is 13.4. The van der Waals surface area contributed by atoms with Crippen LogP contribution < -0.4 is 5.32 Å². The number of carbonyl (C=O) groups is 1. The minimum Gasteiger partial charge on any atom is -0.396 e. The summed E-state index contributed by atoms with van der Waals surface area (Å²) < 4.78 is 0. The maximum atomic E-state index is 11.4. The van der Waals surface area contributed by atoms with Crippen molar-refractivity contribution >= 4 is 29.1 Å². The smallest absolute Gasteiger partial charge is 0.220 e. The highest BCUT2D eigenvalue weighted by molar-refractivity contribution is 6.42. The van der Waals surface area contributed by atoms with E-state index in [1.54, 1.807) is 6.07 Å². The highest BCUT2D eigenvalue weighted by Gasteiger charge is 2.03. The van der Waals surface area contributed by atoms with E-state index in [-0.39, 0.29) is 12.5 Å². The van der Waals surface area contributed by atoms with Crippen LogP contribution in [-0.2, 0) is 11.2 Å². The second-order valence-corrected chi connectivity index (χ2v) is 4.84. The molecule has 18 heavy (non-hydrogen) atoms. The SMILES string of the molecule is O=C(CCCc1ccc(Cl)c(Cl)c1)NCCCO. The largest absolute Gasteiger partial charge is 0.396 e. The lowest BCUT2D eigenvalue weighted by molar-refractivity contribution is -0.121. The van der Waals surface area contributed by atoms with Crippen LogP contribution in [-0.4, -0.2) is 24.2 Å².